The van der Waals surface area contributed by atoms with E-state index in [2.05, 4.69) is 6.92 Å². The molecule has 0 radical (unpaired) electrons. The van der Waals surface area contributed by atoms with E-state index in [-0.39, 0.29) is 18.5 Å². The van der Waals surface area contributed by atoms with Crippen LogP contribution >= 0.6 is 0 Å². The monoisotopic (exact) mass is 278 g/mol. The molecule has 0 aromatic carbocycles. The second kappa shape index (κ2) is 6.11. The van der Waals surface area contributed by atoms with Gasteiger partial charge in [-0.15, -0.1) is 0 Å². The van der Waals surface area contributed by atoms with Crippen LogP contribution in [0.15, 0.2) is 18.3 Å². The molecule has 1 N–H and O–H groups in total. The Bertz CT molecular complexity index is 495. The van der Waals surface area contributed by atoms with Crippen LogP contribution < -0.4 is 0 Å². The number of amides is 1. The van der Waals surface area contributed by atoms with Gasteiger partial charge in [-0.25, -0.2) is 0 Å². The zero-order chi connectivity index (χ0) is 14.7. The maximum absolute atomic E-state index is 12.6. The largest absolute Gasteiger partial charge is 0.480 e. The summed E-state index contributed by atoms with van der Waals surface area (Å²) in [4.78, 5) is 25.2. The molecule has 1 fully saturated rings. The molecule has 0 bridgehead atoms. The van der Waals surface area contributed by atoms with Gasteiger partial charge in [0, 0.05) is 19.3 Å². The summed E-state index contributed by atoms with van der Waals surface area (Å²) in [5.74, 6) is -0.528. The van der Waals surface area contributed by atoms with Crippen molar-refractivity contribution in [2.45, 2.75) is 45.2 Å². The van der Waals surface area contributed by atoms with E-state index >= 15 is 0 Å². The highest BCUT2D eigenvalue weighted by atomic mass is 16.4. The molecule has 1 aromatic heterocycles. The van der Waals surface area contributed by atoms with E-state index in [1.54, 1.807) is 23.2 Å². The Morgan fingerprint density at radius 1 is 1.40 bits per heavy atom. The van der Waals surface area contributed by atoms with E-state index in [0.717, 1.165) is 19.3 Å². The highest BCUT2D eigenvalue weighted by molar-refractivity contribution is 5.93. The highest BCUT2D eigenvalue weighted by Gasteiger charge is 2.29. The Labute approximate surface area is 119 Å². The third kappa shape index (κ3) is 3.03. The van der Waals surface area contributed by atoms with E-state index in [9.17, 15) is 9.59 Å². The average molecular weight is 278 g/mol. The Kier molecular flexibility index (Phi) is 4.47. The number of carboxylic acid groups (broad SMARTS) is 1. The van der Waals surface area contributed by atoms with Gasteiger partial charge in [0.1, 0.15) is 12.2 Å². The fourth-order valence-electron chi connectivity index (χ4n) is 3.10. The average Bonchev–Trinajstić information content (AvgIpc) is 2.85. The van der Waals surface area contributed by atoms with Crippen LogP contribution in [-0.4, -0.2) is 39.5 Å². The van der Waals surface area contributed by atoms with Gasteiger partial charge >= 0.3 is 5.97 Å². The van der Waals surface area contributed by atoms with Crippen molar-refractivity contribution in [2.75, 3.05) is 7.05 Å². The van der Waals surface area contributed by atoms with Gasteiger partial charge in [0.15, 0.2) is 0 Å². The molecule has 1 aliphatic rings. The maximum atomic E-state index is 12.6. The number of carbonyl (C=O) groups is 2. The number of aliphatic carboxylic acids is 1. The lowest BCUT2D eigenvalue weighted by Gasteiger charge is -2.36. The summed E-state index contributed by atoms with van der Waals surface area (Å²) in [5, 5.41) is 8.88. The second-order valence-corrected chi connectivity index (χ2v) is 5.66. The molecule has 0 spiro atoms. The molecule has 20 heavy (non-hydrogen) atoms. The van der Waals surface area contributed by atoms with Gasteiger partial charge in [-0.2, -0.15) is 0 Å². The van der Waals surface area contributed by atoms with Crippen molar-refractivity contribution in [1.29, 1.82) is 0 Å². The lowest BCUT2D eigenvalue weighted by molar-refractivity contribution is -0.137. The number of carbonyl (C=O) groups excluding carboxylic acids is 1. The summed E-state index contributed by atoms with van der Waals surface area (Å²) in [6, 6.07) is 3.66. The minimum Gasteiger partial charge on any atom is -0.480 e. The Morgan fingerprint density at radius 3 is 2.75 bits per heavy atom. The van der Waals surface area contributed by atoms with Crippen LogP contribution in [-0.2, 0) is 11.3 Å². The zero-order valence-electron chi connectivity index (χ0n) is 12.1. The Morgan fingerprint density at radius 2 is 2.10 bits per heavy atom. The molecule has 110 valence electrons. The number of hydrogen-bond donors (Lipinski definition) is 1. The summed E-state index contributed by atoms with van der Waals surface area (Å²) in [5.41, 5.74) is 0.452. The molecule has 0 aliphatic heterocycles. The SMILES string of the molecule is CC1CCCCC1N(C)C(=O)c1cccn1CC(=O)O. The van der Waals surface area contributed by atoms with Gasteiger partial charge in [0.05, 0.1) is 0 Å². The first-order valence-electron chi connectivity index (χ1n) is 7.14. The van der Waals surface area contributed by atoms with Crippen LogP contribution in [0.2, 0.25) is 0 Å². The van der Waals surface area contributed by atoms with Crippen molar-refractivity contribution in [3.05, 3.63) is 24.0 Å². The molecule has 1 aromatic rings. The molecular weight excluding hydrogens is 256 g/mol. The zero-order valence-corrected chi connectivity index (χ0v) is 12.1. The molecule has 2 unspecified atom stereocenters. The van der Waals surface area contributed by atoms with Crippen LogP contribution in [0.25, 0.3) is 0 Å². The van der Waals surface area contributed by atoms with Crippen molar-refractivity contribution in [3.63, 3.8) is 0 Å². The van der Waals surface area contributed by atoms with Crippen LogP contribution in [0.4, 0.5) is 0 Å². The predicted octanol–water partition coefficient (Wildman–Crippen LogP) is 2.22. The summed E-state index contributed by atoms with van der Waals surface area (Å²) in [6.07, 6.45) is 6.21. The van der Waals surface area contributed by atoms with Crippen molar-refractivity contribution >= 4 is 11.9 Å². The standard InChI is InChI=1S/C15H22N2O3/c1-11-6-3-4-7-12(11)16(2)15(20)13-8-5-9-17(13)10-14(18)19/h5,8-9,11-12H,3-4,6-7,10H2,1-2H3,(H,18,19). The first kappa shape index (κ1) is 14.6. The number of rotatable bonds is 4. The molecule has 1 heterocycles. The molecule has 0 saturated heterocycles. The Balaban J connectivity index is 2.14. The highest BCUT2D eigenvalue weighted by Crippen LogP contribution is 2.28. The van der Waals surface area contributed by atoms with E-state index in [1.165, 1.54) is 11.0 Å². The third-order valence-corrected chi connectivity index (χ3v) is 4.24. The van der Waals surface area contributed by atoms with E-state index in [1.807, 2.05) is 7.05 Å². The molecule has 1 aliphatic carbocycles. The minimum atomic E-state index is -0.941. The van der Waals surface area contributed by atoms with Gasteiger partial charge in [0.25, 0.3) is 5.91 Å². The third-order valence-electron chi connectivity index (χ3n) is 4.24. The van der Waals surface area contributed by atoms with Crippen molar-refractivity contribution < 1.29 is 14.7 Å². The van der Waals surface area contributed by atoms with Gasteiger partial charge in [0.2, 0.25) is 0 Å². The first-order chi connectivity index (χ1) is 9.50. The predicted molar refractivity (Wildman–Crippen MR) is 75.6 cm³/mol. The fraction of sp³-hybridized carbons (Fsp3) is 0.600. The van der Waals surface area contributed by atoms with Crippen molar-refractivity contribution in [2.24, 2.45) is 5.92 Å². The Hall–Kier alpha value is -1.78. The lowest BCUT2D eigenvalue weighted by atomic mass is 9.85. The van der Waals surface area contributed by atoms with Crippen molar-refractivity contribution in [1.82, 2.24) is 9.47 Å². The van der Waals surface area contributed by atoms with Crippen LogP contribution in [0.3, 0.4) is 0 Å². The minimum absolute atomic E-state index is 0.0880. The molecule has 1 saturated carbocycles. The van der Waals surface area contributed by atoms with Gasteiger partial charge in [-0.1, -0.05) is 19.8 Å². The van der Waals surface area contributed by atoms with Crippen molar-refractivity contribution in [3.8, 4) is 0 Å². The summed E-state index contributed by atoms with van der Waals surface area (Å²) >= 11 is 0. The molecule has 5 nitrogen and oxygen atoms in total. The van der Waals surface area contributed by atoms with E-state index in [0.29, 0.717) is 11.6 Å². The molecule has 2 atom stereocenters. The molecule has 5 heteroatoms. The van der Waals surface area contributed by atoms with E-state index < -0.39 is 5.97 Å². The van der Waals surface area contributed by atoms with Gasteiger partial charge < -0.3 is 14.6 Å². The van der Waals surface area contributed by atoms with Gasteiger partial charge in [-0.05, 0) is 30.9 Å². The lowest BCUT2D eigenvalue weighted by Crippen LogP contribution is -2.43. The summed E-state index contributed by atoms with van der Waals surface area (Å²) in [7, 11) is 1.83. The topological polar surface area (TPSA) is 62.5 Å². The van der Waals surface area contributed by atoms with Crippen LogP contribution in [0.1, 0.15) is 43.1 Å². The number of carboxylic acids is 1. The van der Waals surface area contributed by atoms with Gasteiger partial charge in [-0.3, -0.25) is 9.59 Å². The smallest absolute Gasteiger partial charge is 0.323 e. The number of hydrogen-bond acceptors (Lipinski definition) is 2. The summed E-state index contributed by atoms with van der Waals surface area (Å²) < 4.78 is 1.49. The first-order valence-corrected chi connectivity index (χ1v) is 7.14. The van der Waals surface area contributed by atoms with E-state index in [4.69, 9.17) is 5.11 Å². The number of aromatic nitrogens is 1. The summed E-state index contributed by atoms with van der Waals surface area (Å²) in [6.45, 7) is 2.01. The quantitative estimate of drug-likeness (QED) is 0.918. The molecular formula is C15H22N2O3. The second-order valence-electron chi connectivity index (χ2n) is 5.66. The maximum Gasteiger partial charge on any atom is 0.323 e. The normalized spacial score (nSPS) is 22.5. The van der Waals surface area contributed by atoms with Crippen LogP contribution in [0.5, 0.6) is 0 Å². The number of nitrogens with zero attached hydrogens (tertiary/aromatic N) is 2. The molecule has 1 amide bonds. The fourth-order valence-corrected chi connectivity index (χ4v) is 3.10. The molecule has 2 rings (SSSR count). The van der Waals surface area contributed by atoms with Crippen LogP contribution in [0, 0.1) is 5.92 Å².